The van der Waals surface area contributed by atoms with Crippen LogP contribution >= 0.6 is 0 Å². The van der Waals surface area contributed by atoms with Crippen molar-refractivity contribution < 1.29 is 19.4 Å². The van der Waals surface area contributed by atoms with Gasteiger partial charge in [-0.25, -0.2) is 14.6 Å². The average Bonchev–Trinajstić information content (AvgIpc) is 2.36. The third kappa shape index (κ3) is 3.72. The Morgan fingerprint density at radius 2 is 1.91 bits per heavy atom. The first-order valence-corrected chi connectivity index (χ1v) is 6.80. The van der Waals surface area contributed by atoms with Gasteiger partial charge in [-0.3, -0.25) is 5.32 Å². The Kier molecular flexibility index (Phi) is 4.03. The molecular weight excluding hydrogens is 284 g/mol. The number of rotatable bonds is 2. The second-order valence-corrected chi connectivity index (χ2v) is 5.99. The number of nitrogens with zero attached hydrogens (tertiary/aromatic N) is 1. The van der Waals surface area contributed by atoms with Crippen LogP contribution in [0.1, 0.15) is 36.8 Å². The number of hydrogen-bond donors (Lipinski definition) is 2. The number of fused-ring (bicyclic) bond motifs is 1. The predicted molar refractivity (Wildman–Crippen MR) is 83.3 cm³/mol. The largest absolute Gasteiger partial charge is 0.477 e. The van der Waals surface area contributed by atoms with Crippen molar-refractivity contribution in [3.05, 3.63) is 35.5 Å². The molecule has 0 aliphatic heterocycles. The maximum absolute atomic E-state index is 11.8. The summed E-state index contributed by atoms with van der Waals surface area (Å²) in [6.45, 7) is 7.17. The number of carbonyl (C=O) groups is 2. The molecule has 1 aromatic heterocycles. The van der Waals surface area contributed by atoms with Crippen molar-refractivity contribution in [3.8, 4) is 0 Å². The molecule has 6 heteroatoms. The van der Waals surface area contributed by atoms with Crippen molar-refractivity contribution in [3.63, 3.8) is 0 Å². The minimum atomic E-state index is -1.07. The molecule has 0 spiro atoms. The van der Waals surface area contributed by atoms with E-state index in [9.17, 15) is 9.59 Å². The Morgan fingerprint density at radius 1 is 1.23 bits per heavy atom. The van der Waals surface area contributed by atoms with E-state index >= 15 is 0 Å². The van der Waals surface area contributed by atoms with E-state index < -0.39 is 17.7 Å². The highest BCUT2D eigenvalue weighted by Gasteiger charge is 2.17. The number of carboxylic acids is 1. The second kappa shape index (κ2) is 5.63. The fourth-order valence-corrected chi connectivity index (χ4v) is 1.94. The zero-order valence-corrected chi connectivity index (χ0v) is 12.9. The van der Waals surface area contributed by atoms with Gasteiger partial charge in [0.05, 0.1) is 5.52 Å². The standard InChI is InChI=1S/C16H18N2O4/c1-9-7-13-10(5-6-11(17-13)14(19)20)8-12(9)18-15(21)22-16(2,3)4/h5-8H,1-4H3,(H,18,21)(H,19,20). The molecule has 0 bridgehead atoms. The van der Waals surface area contributed by atoms with Crippen LogP contribution < -0.4 is 5.32 Å². The summed E-state index contributed by atoms with van der Waals surface area (Å²) in [7, 11) is 0. The van der Waals surface area contributed by atoms with Gasteiger partial charge in [0, 0.05) is 11.1 Å². The topological polar surface area (TPSA) is 88.5 Å². The number of pyridine rings is 1. The van der Waals surface area contributed by atoms with E-state index in [1.165, 1.54) is 6.07 Å². The first-order valence-electron chi connectivity index (χ1n) is 6.80. The molecule has 1 amide bonds. The number of anilines is 1. The van der Waals surface area contributed by atoms with Crippen molar-refractivity contribution >= 4 is 28.7 Å². The number of amides is 1. The van der Waals surface area contributed by atoms with Crippen molar-refractivity contribution in [2.45, 2.75) is 33.3 Å². The summed E-state index contributed by atoms with van der Waals surface area (Å²) in [5.74, 6) is -1.07. The van der Waals surface area contributed by atoms with Crippen LogP contribution in [0.3, 0.4) is 0 Å². The summed E-state index contributed by atoms with van der Waals surface area (Å²) < 4.78 is 5.22. The van der Waals surface area contributed by atoms with Gasteiger partial charge in [0.1, 0.15) is 11.3 Å². The number of aromatic nitrogens is 1. The minimum Gasteiger partial charge on any atom is -0.477 e. The lowest BCUT2D eigenvalue weighted by Crippen LogP contribution is -2.27. The Hall–Kier alpha value is -2.63. The van der Waals surface area contributed by atoms with Crippen LogP contribution in [-0.4, -0.2) is 27.8 Å². The summed E-state index contributed by atoms with van der Waals surface area (Å²) in [4.78, 5) is 26.8. The van der Waals surface area contributed by atoms with Crippen LogP contribution in [-0.2, 0) is 4.74 Å². The summed E-state index contributed by atoms with van der Waals surface area (Å²) in [5, 5.41) is 12.4. The van der Waals surface area contributed by atoms with Crippen LogP contribution in [0.4, 0.5) is 10.5 Å². The third-order valence-corrected chi connectivity index (χ3v) is 2.89. The molecule has 1 heterocycles. The summed E-state index contributed by atoms with van der Waals surface area (Å²) in [6.07, 6.45) is -0.537. The first kappa shape index (κ1) is 15.8. The molecule has 0 atom stereocenters. The van der Waals surface area contributed by atoms with Gasteiger partial charge < -0.3 is 9.84 Å². The number of carbonyl (C=O) groups excluding carboxylic acids is 1. The first-order chi connectivity index (χ1) is 10.2. The van der Waals surface area contributed by atoms with E-state index in [4.69, 9.17) is 9.84 Å². The molecule has 2 N–H and O–H groups in total. The molecule has 0 aliphatic rings. The molecular formula is C16H18N2O4. The van der Waals surface area contributed by atoms with E-state index in [0.717, 1.165) is 10.9 Å². The van der Waals surface area contributed by atoms with E-state index in [1.54, 1.807) is 45.9 Å². The Morgan fingerprint density at radius 3 is 2.50 bits per heavy atom. The molecule has 0 unspecified atom stereocenters. The number of carboxylic acid groups (broad SMARTS) is 1. The minimum absolute atomic E-state index is 0.0141. The number of hydrogen-bond acceptors (Lipinski definition) is 4. The molecule has 0 saturated heterocycles. The van der Waals surface area contributed by atoms with Gasteiger partial charge in [0.2, 0.25) is 0 Å². The number of ether oxygens (including phenoxy) is 1. The summed E-state index contributed by atoms with van der Waals surface area (Å²) in [5.41, 5.74) is 1.35. The lowest BCUT2D eigenvalue weighted by Gasteiger charge is -2.20. The van der Waals surface area contributed by atoms with Gasteiger partial charge in [-0.05, 0) is 51.5 Å². The lowest BCUT2D eigenvalue weighted by atomic mass is 10.1. The fraction of sp³-hybridized carbons (Fsp3) is 0.312. The molecule has 22 heavy (non-hydrogen) atoms. The molecule has 2 aromatic rings. The van der Waals surface area contributed by atoms with Crippen LogP contribution in [0.5, 0.6) is 0 Å². The highest BCUT2D eigenvalue weighted by Crippen LogP contribution is 2.23. The van der Waals surface area contributed by atoms with Crippen molar-refractivity contribution in [2.75, 3.05) is 5.32 Å². The van der Waals surface area contributed by atoms with E-state index in [0.29, 0.717) is 11.2 Å². The molecule has 6 nitrogen and oxygen atoms in total. The normalized spacial score (nSPS) is 11.3. The summed E-state index contributed by atoms with van der Waals surface area (Å²) in [6, 6.07) is 6.56. The smallest absolute Gasteiger partial charge is 0.412 e. The zero-order chi connectivity index (χ0) is 16.5. The number of aromatic carboxylic acids is 1. The molecule has 0 radical (unpaired) electrons. The Bertz CT molecular complexity index is 748. The van der Waals surface area contributed by atoms with Gasteiger partial charge in [-0.2, -0.15) is 0 Å². The monoisotopic (exact) mass is 302 g/mol. The van der Waals surface area contributed by atoms with Gasteiger partial charge in [-0.15, -0.1) is 0 Å². The highest BCUT2D eigenvalue weighted by molar-refractivity contribution is 5.94. The second-order valence-electron chi connectivity index (χ2n) is 5.99. The van der Waals surface area contributed by atoms with Crippen molar-refractivity contribution in [1.29, 1.82) is 0 Å². The maximum Gasteiger partial charge on any atom is 0.412 e. The molecule has 1 aromatic carbocycles. The SMILES string of the molecule is Cc1cc2nc(C(=O)O)ccc2cc1NC(=O)OC(C)(C)C. The van der Waals surface area contributed by atoms with Crippen LogP contribution in [0, 0.1) is 6.92 Å². The Balaban J connectivity index is 2.32. The lowest BCUT2D eigenvalue weighted by molar-refractivity contribution is 0.0634. The highest BCUT2D eigenvalue weighted by atomic mass is 16.6. The molecule has 116 valence electrons. The van der Waals surface area contributed by atoms with Crippen molar-refractivity contribution in [1.82, 2.24) is 4.98 Å². The Labute approximate surface area is 128 Å². The van der Waals surface area contributed by atoms with Crippen LogP contribution in [0.2, 0.25) is 0 Å². The maximum atomic E-state index is 11.8. The number of aryl methyl sites for hydroxylation is 1. The van der Waals surface area contributed by atoms with Crippen LogP contribution in [0.15, 0.2) is 24.3 Å². The number of nitrogens with one attached hydrogen (secondary N) is 1. The molecule has 0 saturated carbocycles. The van der Waals surface area contributed by atoms with E-state index in [1.807, 2.05) is 0 Å². The molecule has 0 aliphatic carbocycles. The van der Waals surface area contributed by atoms with Gasteiger partial charge in [-0.1, -0.05) is 6.07 Å². The van der Waals surface area contributed by atoms with Gasteiger partial charge >= 0.3 is 12.1 Å². The quantitative estimate of drug-likeness (QED) is 0.885. The molecule has 0 fully saturated rings. The van der Waals surface area contributed by atoms with Gasteiger partial charge in [0.15, 0.2) is 0 Å². The molecule has 2 rings (SSSR count). The third-order valence-electron chi connectivity index (χ3n) is 2.89. The number of benzene rings is 1. The zero-order valence-electron chi connectivity index (χ0n) is 12.9. The summed E-state index contributed by atoms with van der Waals surface area (Å²) >= 11 is 0. The predicted octanol–water partition coefficient (Wildman–Crippen LogP) is 3.59. The van der Waals surface area contributed by atoms with E-state index in [2.05, 4.69) is 10.3 Å². The van der Waals surface area contributed by atoms with Crippen molar-refractivity contribution in [2.24, 2.45) is 0 Å². The van der Waals surface area contributed by atoms with Gasteiger partial charge in [0.25, 0.3) is 0 Å². The fourth-order valence-electron chi connectivity index (χ4n) is 1.94. The van der Waals surface area contributed by atoms with E-state index in [-0.39, 0.29) is 5.69 Å². The van der Waals surface area contributed by atoms with Crippen LogP contribution in [0.25, 0.3) is 10.9 Å². The average molecular weight is 302 g/mol.